The van der Waals surface area contributed by atoms with E-state index in [1.54, 1.807) is 6.07 Å². The molecule has 2 aromatic rings. The molecule has 0 saturated carbocycles. The van der Waals surface area contributed by atoms with Crippen LogP contribution in [0.25, 0.3) is 0 Å². The fraction of sp³-hybridized carbons (Fsp3) is 0.143. The summed E-state index contributed by atoms with van der Waals surface area (Å²) in [5, 5.41) is 0. The Morgan fingerprint density at radius 2 is 1.81 bits per heavy atom. The lowest BCUT2D eigenvalue weighted by atomic mass is 10.2. The monoisotopic (exact) mass is 354 g/mol. The lowest BCUT2D eigenvalue weighted by Gasteiger charge is -2.09. The average molecular weight is 355 g/mol. The lowest BCUT2D eigenvalue weighted by molar-refractivity contribution is 0.0600. The molecule has 21 heavy (non-hydrogen) atoms. The maximum absolute atomic E-state index is 11.9. The van der Waals surface area contributed by atoms with E-state index in [9.17, 15) is 9.59 Å². The third-order valence-corrected chi connectivity index (χ3v) is 2.99. The standard InChI is InChI=1S/C14H11BrO6/c1-18-11-7-8(13(16)19-2)3-4-9(11)21-14(17)10-5-6-12(15)20-10/h3-7H,1-2H3. The van der Waals surface area contributed by atoms with Crippen molar-refractivity contribution in [3.05, 3.63) is 46.3 Å². The zero-order valence-corrected chi connectivity index (χ0v) is 12.8. The number of halogens is 1. The van der Waals surface area contributed by atoms with E-state index >= 15 is 0 Å². The Bertz CT molecular complexity index is 676. The number of rotatable bonds is 4. The van der Waals surface area contributed by atoms with Gasteiger partial charge in [-0.2, -0.15) is 0 Å². The van der Waals surface area contributed by atoms with Crippen LogP contribution in [0.4, 0.5) is 0 Å². The van der Waals surface area contributed by atoms with Gasteiger partial charge in [-0.15, -0.1) is 0 Å². The molecule has 0 aliphatic rings. The first kappa shape index (κ1) is 15.1. The zero-order chi connectivity index (χ0) is 15.4. The van der Waals surface area contributed by atoms with Crippen LogP contribution in [0.1, 0.15) is 20.9 Å². The molecule has 0 aliphatic heterocycles. The second kappa shape index (κ2) is 6.45. The molecule has 110 valence electrons. The van der Waals surface area contributed by atoms with Crippen LogP contribution in [0.3, 0.4) is 0 Å². The molecule has 1 aromatic carbocycles. The molecule has 1 heterocycles. The molecule has 0 spiro atoms. The summed E-state index contributed by atoms with van der Waals surface area (Å²) in [6, 6.07) is 7.39. The summed E-state index contributed by atoms with van der Waals surface area (Å²) < 4.78 is 20.4. The van der Waals surface area contributed by atoms with Gasteiger partial charge >= 0.3 is 11.9 Å². The van der Waals surface area contributed by atoms with Crippen molar-refractivity contribution in [3.63, 3.8) is 0 Å². The van der Waals surface area contributed by atoms with Gasteiger partial charge in [0.2, 0.25) is 5.76 Å². The summed E-state index contributed by atoms with van der Waals surface area (Å²) in [5.74, 6) is -0.744. The first-order valence-corrected chi connectivity index (χ1v) is 6.58. The van der Waals surface area contributed by atoms with Crippen molar-refractivity contribution in [2.45, 2.75) is 0 Å². The van der Waals surface area contributed by atoms with Crippen molar-refractivity contribution in [3.8, 4) is 11.5 Å². The fourth-order valence-corrected chi connectivity index (χ4v) is 1.88. The van der Waals surface area contributed by atoms with Gasteiger partial charge in [0.1, 0.15) is 0 Å². The Kier molecular flexibility index (Phi) is 4.64. The van der Waals surface area contributed by atoms with E-state index < -0.39 is 11.9 Å². The van der Waals surface area contributed by atoms with Gasteiger partial charge in [0.05, 0.1) is 19.8 Å². The summed E-state index contributed by atoms with van der Waals surface area (Å²) in [6.07, 6.45) is 0. The molecule has 0 amide bonds. The summed E-state index contributed by atoms with van der Waals surface area (Å²) in [7, 11) is 2.68. The molecule has 0 N–H and O–H groups in total. The van der Waals surface area contributed by atoms with Crippen molar-refractivity contribution in [1.82, 2.24) is 0 Å². The van der Waals surface area contributed by atoms with E-state index in [-0.39, 0.29) is 22.8 Å². The quantitative estimate of drug-likeness (QED) is 0.620. The van der Waals surface area contributed by atoms with Gasteiger partial charge in [-0.3, -0.25) is 0 Å². The van der Waals surface area contributed by atoms with E-state index in [0.29, 0.717) is 4.67 Å². The second-order valence-corrected chi connectivity index (χ2v) is 4.63. The van der Waals surface area contributed by atoms with Gasteiger partial charge in [0.25, 0.3) is 0 Å². The average Bonchev–Trinajstić information content (AvgIpc) is 2.93. The van der Waals surface area contributed by atoms with Crippen molar-refractivity contribution < 1.29 is 28.2 Å². The Labute approximate surface area is 128 Å². The molecule has 7 heteroatoms. The number of benzene rings is 1. The fourth-order valence-electron chi connectivity index (χ4n) is 1.57. The molecule has 0 fully saturated rings. The number of hydrogen-bond acceptors (Lipinski definition) is 6. The normalized spacial score (nSPS) is 10.0. The number of carbonyl (C=O) groups excluding carboxylic acids is 2. The number of furan rings is 1. The van der Waals surface area contributed by atoms with Crippen molar-refractivity contribution in [1.29, 1.82) is 0 Å². The first-order valence-electron chi connectivity index (χ1n) is 5.79. The highest BCUT2D eigenvalue weighted by Gasteiger charge is 2.17. The summed E-state index contributed by atoms with van der Waals surface area (Å²) in [6.45, 7) is 0. The lowest BCUT2D eigenvalue weighted by Crippen LogP contribution is -2.09. The molecule has 0 atom stereocenters. The van der Waals surface area contributed by atoms with Crippen LogP contribution in [0.15, 0.2) is 39.4 Å². The predicted octanol–water partition coefficient (Wildman–Crippen LogP) is 3.06. The van der Waals surface area contributed by atoms with Crippen molar-refractivity contribution in [2.24, 2.45) is 0 Å². The van der Waals surface area contributed by atoms with E-state index in [4.69, 9.17) is 13.9 Å². The molecule has 1 aromatic heterocycles. The Morgan fingerprint density at radius 1 is 1.05 bits per heavy atom. The van der Waals surface area contributed by atoms with Gasteiger partial charge < -0.3 is 18.6 Å². The van der Waals surface area contributed by atoms with Crippen molar-refractivity contribution in [2.75, 3.05) is 14.2 Å². The molecule has 0 saturated heterocycles. The van der Waals surface area contributed by atoms with Crippen LogP contribution in [0.5, 0.6) is 11.5 Å². The molecular weight excluding hydrogens is 344 g/mol. The van der Waals surface area contributed by atoms with Gasteiger partial charge in [-0.25, -0.2) is 9.59 Å². The van der Waals surface area contributed by atoms with E-state index in [0.717, 1.165) is 0 Å². The number of esters is 2. The van der Waals surface area contributed by atoms with Gasteiger partial charge in [0.15, 0.2) is 16.2 Å². The van der Waals surface area contributed by atoms with E-state index in [1.165, 1.54) is 38.5 Å². The Hall–Kier alpha value is -2.28. The zero-order valence-electron chi connectivity index (χ0n) is 11.2. The molecule has 0 aliphatic carbocycles. The largest absolute Gasteiger partial charge is 0.493 e. The van der Waals surface area contributed by atoms with Gasteiger partial charge in [-0.05, 0) is 46.3 Å². The van der Waals surface area contributed by atoms with E-state index in [1.807, 2.05) is 0 Å². The number of hydrogen-bond donors (Lipinski definition) is 0. The molecular formula is C14H11BrO6. The number of ether oxygens (including phenoxy) is 3. The first-order chi connectivity index (χ1) is 10.0. The minimum Gasteiger partial charge on any atom is -0.493 e. The summed E-state index contributed by atoms with van der Waals surface area (Å²) >= 11 is 3.10. The minimum absolute atomic E-state index is 0.0426. The molecule has 0 bridgehead atoms. The maximum Gasteiger partial charge on any atom is 0.379 e. The SMILES string of the molecule is COC(=O)c1ccc(OC(=O)c2ccc(Br)o2)c(OC)c1. The third kappa shape index (κ3) is 3.43. The molecule has 0 unspecified atom stereocenters. The highest BCUT2D eigenvalue weighted by molar-refractivity contribution is 9.10. The minimum atomic E-state index is -0.676. The van der Waals surface area contributed by atoms with Gasteiger partial charge in [-0.1, -0.05) is 0 Å². The van der Waals surface area contributed by atoms with E-state index in [2.05, 4.69) is 20.7 Å². The second-order valence-electron chi connectivity index (χ2n) is 3.85. The smallest absolute Gasteiger partial charge is 0.379 e. The van der Waals surface area contributed by atoms with Crippen LogP contribution in [-0.4, -0.2) is 26.2 Å². The number of methoxy groups -OCH3 is 2. The Balaban J connectivity index is 2.23. The highest BCUT2D eigenvalue weighted by Crippen LogP contribution is 2.29. The molecule has 0 radical (unpaired) electrons. The summed E-state index contributed by atoms with van der Waals surface area (Å²) in [4.78, 5) is 23.3. The maximum atomic E-state index is 11.9. The van der Waals surface area contributed by atoms with Crippen LogP contribution in [0.2, 0.25) is 0 Å². The molecule has 6 nitrogen and oxygen atoms in total. The highest BCUT2D eigenvalue weighted by atomic mass is 79.9. The van der Waals surface area contributed by atoms with Crippen LogP contribution in [0, 0.1) is 0 Å². The van der Waals surface area contributed by atoms with Gasteiger partial charge in [0, 0.05) is 0 Å². The summed E-state index contributed by atoms with van der Waals surface area (Å²) in [5.41, 5.74) is 0.287. The van der Waals surface area contributed by atoms with Crippen LogP contribution in [-0.2, 0) is 4.74 Å². The topological polar surface area (TPSA) is 75.0 Å². The predicted molar refractivity (Wildman–Crippen MR) is 75.7 cm³/mol. The molecule has 2 rings (SSSR count). The van der Waals surface area contributed by atoms with Crippen molar-refractivity contribution >= 4 is 27.9 Å². The third-order valence-electron chi connectivity index (χ3n) is 2.56. The van der Waals surface area contributed by atoms with Crippen LogP contribution >= 0.6 is 15.9 Å². The van der Waals surface area contributed by atoms with Crippen LogP contribution < -0.4 is 9.47 Å². The Morgan fingerprint density at radius 3 is 2.38 bits per heavy atom. The number of carbonyl (C=O) groups is 2.